The molecule has 1 saturated heterocycles. The van der Waals surface area contributed by atoms with Gasteiger partial charge in [0, 0.05) is 30.9 Å². The van der Waals surface area contributed by atoms with Gasteiger partial charge in [0.1, 0.15) is 5.82 Å². The fourth-order valence-corrected chi connectivity index (χ4v) is 2.44. The van der Waals surface area contributed by atoms with Crippen LogP contribution in [0.25, 0.3) is 0 Å². The number of hydrogen-bond donors (Lipinski definition) is 3. The Morgan fingerprint density at radius 1 is 1.47 bits per heavy atom. The third-order valence-corrected chi connectivity index (χ3v) is 3.79. The maximum absolute atomic E-state index is 13.9. The fraction of sp³-hybridized carbons (Fsp3) is 0.500. The molecule has 0 saturated carbocycles. The monoisotopic (exact) mass is 288 g/mol. The van der Waals surface area contributed by atoms with Crippen LogP contribution in [0.2, 0.25) is 0 Å². The molecular formula is C12H17FN2O3S. The third kappa shape index (κ3) is 3.58. The van der Waals surface area contributed by atoms with Crippen molar-refractivity contribution < 1.29 is 17.9 Å². The number of nitrogens with two attached hydrogens (primary N) is 1. The molecule has 0 radical (unpaired) electrons. The van der Waals surface area contributed by atoms with E-state index >= 15 is 0 Å². The molecule has 1 atom stereocenters. The molecule has 1 aliphatic rings. The highest BCUT2D eigenvalue weighted by Gasteiger charge is 2.30. The fourth-order valence-electron chi connectivity index (χ4n) is 2.16. The second-order valence-electron chi connectivity index (χ2n) is 4.64. The first kappa shape index (κ1) is 14.5. The summed E-state index contributed by atoms with van der Waals surface area (Å²) in [6, 6.07) is 4.77. The summed E-state index contributed by atoms with van der Waals surface area (Å²) in [4.78, 5) is 0. The van der Waals surface area contributed by atoms with E-state index in [0.29, 0.717) is 31.6 Å². The second kappa shape index (κ2) is 6.06. The molecule has 0 aromatic heterocycles. The van der Waals surface area contributed by atoms with Gasteiger partial charge in [-0.3, -0.25) is 4.55 Å². The molecule has 1 aromatic carbocycles. The Hall–Kier alpha value is -0.860. The molecule has 1 aliphatic heterocycles. The van der Waals surface area contributed by atoms with E-state index in [1.165, 1.54) is 6.07 Å². The van der Waals surface area contributed by atoms with E-state index in [0.717, 1.165) is 5.56 Å². The van der Waals surface area contributed by atoms with E-state index in [1.807, 2.05) is 0 Å². The van der Waals surface area contributed by atoms with Gasteiger partial charge in [0.2, 0.25) is 11.3 Å². The molecule has 0 aliphatic carbocycles. The van der Waals surface area contributed by atoms with E-state index in [-0.39, 0.29) is 6.54 Å². The zero-order valence-electron chi connectivity index (χ0n) is 10.4. The number of rotatable bonds is 4. The van der Waals surface area contributed by atoms with Crippen molar-refractivity contribution in [3.8, 4) is 0 Å². The topological polar surface area (TPSA) is 84.6 Å². The molecule has 5 nitrogen and oxygen atoms in total. The van der Waals surface area contributed by atoms with Crippen molar-refractivity contribution in [3.05, 3.63) is 35.1 Å². The van der Waals surface area contributed by atoms with Gasteiger partial charge in [0.05, 0.1) is 0 Å². The quantitative estimate of drug-likeness (QED) is 0.722. The van der Waals surface area contributed by atoms with Crippen molar-refractivity contribution in [3.63, 3.8) is 0 Å². The van der Waals surface area contributed by atoms with Gasteiger partial charge < -0.3 is 10.5 Å². The zero-order chi connectivity index (χ0) is 13.9. The molecule has 19 heavy (non-hydrogen) atoms. The molecule has 0 amide bonds. The van der Waals surface area contributed by atoms with Crippen molar-refractivity contribution >= 4 is 11.3 Å². The number of hydrogen-bond acceptors (Lipinski definition) is 3. The summed E-state index contributed by atoms with van der Waals surface area (Å²) in [6.45, 7) is 1.14. The number of benzene rings is 1. The van der Waals surface area contributed by atoms with Gasteiger partial charge in [-0.2, -0.15) is 0 Å². The average Bonchev–Trinajstić information content (AvgIpc) is 2.38. The summed E-state index contributed by atoms with van der Waals surface area (Å²) in [5, 5.41) is 0. The first-order valence-corrected chi connectivity index (χ1v) is 7.12. The van der Waals surface area contributed by atoms with Gasteiger partial charge in [0.15, 0.2) is 0 Å². The first-order chi connectivity index (χ1) is 9.01. The molecule has 1 fully saturated rings. The lowest BCUT2D eigenvalue weighted by Gasteiger charge is -2.34. The minimum Gasteiger partial charge on any atom is -0.381 e. The number of nitrogens with one attached hydrogen (secondary N) is 1. The van der Waals surface area contributed by atoms with Crippen molar-refractivity contribution in [1.29, 1.82) is 0 Å². The Morgan fingerprint density at radius 3 is 2.74 bits per heavy atom. The number of ether oxygens (including phenoxy) is 1. The molecule has 1 heterocycles. The predicted molar refractivity (Wildman–Crippen MR) is 69.9 cm³/mol. The summed E-state index contributed by atoms with van der Waals surface area (Å²) < 4.78 is 40.5. The van der Waals surface area contributed by atoms with Crippen LogP contribution in [-0.4, -0.2) is 22.0 Å². The lowest BCUT2D eigenvalue weighted by molar-refractivity contribution is 0.0521. The summed E-state index contributed by atoms with van der Waals surface area (Å²) in [5.41, 5.74) is 6.79. The highest BCUT2D eigenvalue weighted by Crippen LogP contribution is 2.30. The van der Waals surface area contributed by atoms with Crippen LogP contribution < -0.4 is 10.5 Å². The van der Waals surface area contributed by atoms with Crippen LogP contribution >= 0.6 is 0 Å². The van der Waals surface area contributed by atoms with Crippen molar-refractivity contribution in [1.82, 2.24) is 4.72 Å². The van der Waals surface area contributed by atoms with Gasteiger partial charge in [0.25, 0.3) is 0 Å². The molecule has 106 valence electrons. The van der Waals surface area contributed by atoms with Crippen molar-refractivity contribution in [2.45, 2.75) is 24.9 Å². The van der Waals surface area contributed by atoms with Crippen LogP contribution in [0.1, 0.15) is 24.0 Å². The van der Waals surface area contributed by atoms with Gasteiger partial charge in [-0.1, -0.05) is 12.1 Å². The lowest BCUT2D eigenvalue weighted by atomic mass is 9.83. The Morgan fingerprint density at radius 2 is 2.16 bits per heavy atom. The maximum atomic E-state index is 13.9. The highest BCUT2D eigenvalue weighted by atomic mass is 32.2. The normalized spacial score (nSPS) is 20.2. The largest absolute Gasteiger partial charge is 0.381 e. The van der Waals surface area contributed by atoms with Gasteiger partial charge in [-0.15, -0.1) is 0 Å². The Labute approximate surface area is 113 Å². The minimum absolute atomic E-state index is 0.00406. The van der Waals surface area contributed by atoms with E-state index in [1.54, 1.807) is 12.1 Å². The van der Waals surface area contributed by atoms with Crippen LogP contribution in [0.5, 0.6) is 0 Å². The molecule has 1 unspecified atom stereocenters. The van der Waals surface area contributed by atoms with Crippen LogP contribution in [0, 0.1) is 5.82 Å². The highest BCUT2D eigenvalue weighted by molar-refractivity contribution is 7.77. The van der Waals surface area contributed by atoms with E-state index < -0.39 is 22.6 Å². The molecule has 7 heteroatoms. The van der Waals surface area contributed by atoms with Crippen molar-refractivity contribution in [2.24, 2.45) is 5.73 Å². The lowest BCUT2D eigenvalue weighted by Crippen LogP contribution is -2.42. The van der Waals surface area contributed by atoms with Gasteiger partial charge in [-0.25, -0.2) is 13.3 Å². The standard InChI is InChI=1S/C12H17FN2O3S/c13-11-7-10(12(14)3-5-18-6-4-12)2-1-9(11)8-15-19(16)17/h1-2,7,15H,3-6,8,14H2,(H,16,17). The Bertz CT molecular complexity index is 478. The molecule has 0 spiro atoms. The predicted octanol–water partition coefficient (Wildman–Crippen LogP) is 1.02. The molecule has 1 aromatic rings. The second-order valence-corrected chi connectivity index (χ2v) is 5.43. The first-order valence-electron chi connectivity index (χ1n) is 6.01. The van der Waals surface area contributed by atoms with Crippen LogP contribution in [0.15, 0.2) is 18.2 Å². The van der Waals surface area contributed by atoms with Crippen LogP contribution in [0.4, 0.5) is 4.39 Å². The molecule has 0 bridgehead atoms. The molecular weight excluding hydrogens is 271 g/mol. The summed E-state index contributed by atoms with van der Waals surface area (Å²) in [7, 11) is 0. The molecule has 4 N–H and O–H groups in total. The average molecular weight is 288 g/mol. The maximum Gasteiger partial charge on any atom is 0.232 e. The Balaban J connectivity index is 2.15. The van der Waals surface area contributed by atoms with Crippen LogP contribution in [0.3, 0.4) is 0 Å². The zero-order valence-corrected chi connectivity index (χ0v) is 11.2. The minimum atomic E-state index is -2.15. The van der Waals surface area contributed by atoms with E-state index in [2.05, 4.69) is 4.72 Å². The smallest absolute Gasteiger partial charge is 0.232 e. The summed E-state index contributed by atoms with van der Waals surface area (Å²) in [6.07, 6.45) is 1.31. The van der Waals surface area contributed by atoms with E-state index in [4.69, 9.17) is 15.0 Å². The number of halogens is 1. The summed E-state index contributed by atoms with van der Waals surface area (Å²) in [5.74, 6) is -0.424. The Kier molecular flexibility index (Phi) is 4.64. The SMILES string of the molecule is NC1(c2ccc(CNS(=O)O)c(F)c2)CCOCC1. The van der Waals surface area contributed by atoms with Gasteiger partial charge in [-0.05, 0) is 24.5 Å². The van der Waals surface area contributed by atoms with E-state index in [9.17, 15) is 8.60 Å². The summed E-state index contributed by atoms with van der Waals surface area (Å²) >= 11 is -2.15. The van der Waals surface area contributed by atoms with Crippen molar-refractivity contribution in [2.75, 3.05) is 13.2 Å². The third-order valence-electron chi connectivity index (χ3n) is 3.40. The van der Waals surface area contributed by atoms with Gasteiger partial charge >= 0.3 is 0 Å². The van der Waals surface area contributed by atoms with Crippen LogP contribution in [-0.2, 0) is 28.1 Å². The molecule has 2 rings (SSSR count).